The molecule has 0 aliphatic heterocycles. The van der Waals surface area contributed by atoms with Crippen molar-refractivity contribution in [2.75, 3.05) is 0 Å². The van der Waals surface area contributed by atoms with Crippen LogP contribution in [0.4, 0.5) is 15.8 Å². The van der Waals surface area contributed by atoms with Crippen LogP contribution < -0.4 is 0 Å². The Hall–Kier alpha value is -2.07. The van der Waals surface area contributed by atoms with E-state index < -0.39 is 16.4 Å². The fourth-order valence-corrected chi connectivity index (χ4v) is 0.787. The maximum Gasteiger partial charge on any atom is 0.298 e. The van der Waals surface area contributed by atoms with Crippen LogP contribution in [0.15, 0.2) is 23.2 Å². The molecule has 0 fully saturated rings. The van der Waals surface area contributed by atoms with E-state index in [1.54, 1.807) is 0 Å². The number of nitro groups is 1. The van der Waals surface area contributed by atoms with Crippen LogP contribution in [0.1, 0.15) is 0 Å². The lowest BCUT2D eigenvalue weighted by atomic mass is 10.2. The summed E-state index contributed by atoms with van der Waals surface area (Å²) in [4.78, 5) is 22.4. The van der Waals surface area contributed by atoms with Crippen LogP contribution in [-0.2, 0) is 4.79 Å². The third-order valence-corrected chi connectivity index (χ3v) is 1.30. The second kappa shape index (κ2) is 3.55. The van der Waals surface area contributed by atoms with Crippen molar-refractivity contribution in [1.29, 1.82) is 0 Å². The molecule has 0 amide bonds. The molecule has 1 rings (SSSR count). The molecule has 0 aliphatic rings. The molecule has 0 saturated carbocycles. The van der Waals surface area contributed by atoms with E-state index in [2.05, 4.69) is 4.99 Å². The van der Waals surface area contributed by atoms with Gasteiger partial charge in [0.25, 0.3) is 5.69 Å². The Morgan fingerprint density at radius 3 is 2.77 bits per heavy atom. The highest BCUT2D eigenvalue weighted by Gasteiger charge is 2.13. The summed E-state index contributed by atoms with van der Waals surface area (Å²) in [5.74, 6) is -0.753. The average Bonchev–Trinajstić information content (AvgIpc) is 2.08. The highest BCUT2D eigenvalue weighted by molar-refractivity contribution is 5.61. The van der Waals surface area contributed by atoms with Gasteiger partial charge in [-0.2, -0.15) is 4.99 Å². The lowest BCUT2D eigenvalue weighted by Crippen LogP contribution is -1.89. The van der Waals surface area contributed by atoms with Gasteiger partial charge in [-0.3, -0.25) is 10.1 Å². The Kier molecular flexibility index (Phi) is 2.47. The van der Waals surface area contributed by atoms with Crippen LogP contribution in [0, 0.1) is 15.9 Å². The molecule has 1 aromatic carbocycles. The molecule has 5 nitrogen and oxygen atoms in total. The van der Waals surface area contributed by atoms with E-state index in [1.807, 2.05) is 0 Å². The lowest BCUT2D eigenvalue weighted by Gasteiger charge is -1.94. The van der Waals surface area contributed by atoms with E-state index in [0.29, 0.717) is 6.07 Å². The molecule has 0 N–H and O–H groups in total. The van der Waals surface area contributed by atoms with Crippen molar-refractivity contribution in [3.05, 3.63) is 34.1 Å². The molecule has 0 bridgehead atoms. The van der Waals surface area contributed by atoms with Crippen LogP contribution in [0.3, 0.4) is 0 Å². The number of nitrogens with zero attached hydrogens (tertiary/aromatic N) is 2. The van der Waals surface area contributed by atoms with Gasteiger partial charge in [-0.25, -0.2) is 9.18 Å². The van der Waals surface area contributed by atoms with E-state index >= 15 is 0 Å². The van der Waals surface area contributed by atoms with E-state index in [4.69, 9.17) is 0 Å². The van der Waals surface area contributed by atoms with Crippen LogP contribution in [0.5, 0.6) is 0 Å². The van der Waals surface area contributed by atoms with Crippen LogP contribution in [0.2, 0.25) is 0 Å². The summed E-state index contributed by atoms with van der Waals surface area (Å²) < 4.78 is 12.5. The number of halogens is 1. The minimum atomic E-state index is -0.820. The number of carbonyl (C=O) groups excluding carboxylic acids is 1. The summed E-state index contributed by atoms with van der Waals surface area (Å²) in [5, 5.41) is 10.3. The number of benzene rings is 1. The van der Waals surface area contributed by atoms with Crippen molar-refractivity contribution in [2.45, 2.75) is 0 Å². The minimum absolute atomic E-state index is 0.207. The fourth-order valence-electron chi connectivity index (χ4n) is 0.787. The summed E-state index contributed by atoms with van der Waals surface area (Å²) in [7, 11) is 0. The van der Waals surface area contributed by atoms with Gasteiger partial charge in [0.2, 0.25) is 6.08 Å². The van der Waals surface area contributed by atoms with Crippen molar-refractivity contribution in [2.24, 2.45) is 4.99 Å². The average molecular weight is 182 g/mol. The zero-order valence-electron chi connectivity index (χ0n) is 6.23. The molecule has 0 spiro atoms. The predicted molar refractivity (Wildman–Crippen MR) is 40.8 cm³/mol. The normalized spacial score (nSPS) is 9.00. The number of rotatable bonds is 2. The van der Waals surface area contributed by atoms with Crippen LogP contribution in [-0.4, -0.2) is 11.0 Å². The molecular formula is C7H3FN2O3. The van der Waals surface area contributed by atoms with Crippen LogP contribution >= 0.6 is 0 Å². The van der Waals surface area contributed by atoms with Gasteiger partial charge in [0.15, 0.2) is 5.69 Å². The monoisotopic (exact) mass is 182 g/mol. The molecular weight excluding hydrogens is 179 g/mol. The predicted octanol–water partition coefficient (Wildman–Crippen LogP) is 1.70. The van der Waals surface area contributed by atoms with E-state index in [0.717, 1.165) is 18.2 Å². The first kappa shape index (κ1) is 9.02. The number of nitro benzene ring substituents is 1. The van der Waals surface area contributed by atoms with Crippen molar-refractivity contribution < 1.29 is 14.1 Å². The Bertz CT molecular complexity index is 399. The second-order valence-electron chi connectivity index (χ2n) is 2.09. The van der Waals surface area contributed by atoms with Gasteiger partial charge in [-0.05, 0) is 12.1 Å². The van der Waals surface area contributed by atoms with Gasteiger partial charge in [0.05, 0.1) is 11.0 Å². The van der Waals surface area contributed by atoms with E-state index in [1.165, 1.54) is 0 Å². The molecule has 13 heavy (non-hydrogen) atoms. The largest absolute Gasteiger partial charge is 0.298 e. The second-order valence-corrected chi connectivity index (χ2v) is 2.09. The Morgan fingerprint density at radius 2 is 2.23 bits per heavy atom. The molecule has 1 aromatic rings. The molecule has 0 saturated heterocycles. The van der Waals surface area contributed by atoms with Crippen molar-refractivity contribution in [3.8, 4) is 0 Å². The highest BCUT2D eigenvalue weighted by atomic mass is 19.1. The molecule has 0 atom stereocenters. The first-order valence-electron chi connectivity index (χ1n) is 3.17. The first-order chi connectivity index (χ1) is 6.15. The Balaban J connectivity index is 3.34. The highest BCUT2D eigenvalue weighted by Crippen LogP contribution is 2.26. The summed E-state index contributed by atoms with van der Waals surface area (Å²) in [6.07, 6.45) is 1.15. The molecule has 0 aliphatic carbocycles. The number of isocyanates is 1. The fraction of sp³-hybridized carbons (Fsp3) is 0. The maximum atomic E-state index is 12.5. The van der Waals surface area contributed by atoms with Gasteiger partial charge >= 0.3 is 0 Å². The molecule has 6 heteroatoms. The molecule has 0 aromatic heterocycles. The zero-order valence-corrected chi connectivity index (χ0v) is 6.23. The number of aliphatic imine (C=N–C) groups is 1. The SMILES string of the molecule is O=C=Nc1ccc(F)cc1[N+](=O)[O-]. The topological polar surface area (TPSA) is 72.6 Å². The van der Waals surface area contributed by atoms with Gasteiger partial charge in [-0.15, -0.1) is 0 Å². The Labute approximate surface area is 71.7 Å². The summed E-state index contributed by atoms with van der Waals surface area (Å²) in [6, 6.07) is 2.71. The summed E-state index contributed by atoms with van der Waals surface area (Å²) >= 11 is 0. The third-order valence-electron chi connectivity index (χ3n) is 1.30. The van der Waals surface area contributed by atoms with Crippen molar-refractivity contribution >= 4 is 17.5 Å². The molecule has 0 unspecified atom stereocenters. The first-order valence-corrected chi connectivity index (χ1v) is 3.17. The quantitative estimate of drug-likeness (QED) is 0.302. The summed E-state index contributed by atoms with van der Waals surface area (Å²) in [6.45, 7) is 0. The van der Waals surface area contributed by atoms with Crippen molar-refractivity contribution in [1.82, 2.24) is 0 Å². The lowest BCUT2D eigenvalue weighted by molar-refractivity contribution is -0.384. The summed E-state index contributed by atoms with van der Waals surface area (Å²) in [5.41, 5.74) is -0.759. The zero-order chi connectivity index (χ0) is 9.84. The third kappa shape index (κ3) is 1.94. The van der Waals surface area contributed by atoms with Crippen LogP contribution in [0.25, 0.3) is 0 Å². The van der Waals surface area contributed by atoms with Crippen molar-refractivity contribution in [3.63, 3.8) is 0 Å². The number of hydrogen-bond acceptors (Lipinski definition) is 4. The van der Waals surface area contributed by atoms with Gasteiger partial charge in [0.1, 0.15) is 5.82 Å². The standard InChI is InChI=1S/C7H3FN2O3/c8-5-1-2-6(9-4-11)7(3-5)10(12)13/h1-3H. The number of hydrogen-bond donors (Lipinski definition) is 0. The van der Waals surface area contributed by atoms with Gasteiger partial charge in [0, 0.05) is 0 Å². The minimum Gasteiger partial charge on any atom is -0.258 e. The van der Waals surface area contributed by atoms with Gasteiger partial charge < -0.3 is 0 Å². The molecule has 0 heterocycles. The Morgan fingerprint density at radius 1 is 1.54 bits per heavy atom. The molecule has 0 radical (unpaired) electrons. The molecule has 66 valence electrons. The van der Waals surface area contributed by atoms with Gasteiger partial charge in [-0.1, -0.05) is 0 Å². The smallest absolute Gasteiger partial charge is 0.258 e. The van der Waals surface area contributed by atoms with E-state index in [9.17, 15) is 19.3 Å². The van der Waals surface area contributed by atoms with E-state index in [-0.39, 0.29) is 5.69 Å². The maximum absolute atomic E-state index is 12.5.